The summed E-state index contributed by atoms with van der Waals surface area (Å²) in [7, 11) is 1.56. The Bertz CT molecular complexity index is 954. The van der Waals surface area contributed by atoms with Crippen molar-refractivity contribution in [2.75, 3.05) is 12.4 Å². The molecule has 0 aromatic carbocycles. The van der Waals surface area contributed by atoms with Crippen LogP contribution in [0.3, 0.4) is 0 Å². The molecule has 2 amide bonds. The van der Waals surface area contributed by atoms with Gasteiger partial charge >= 0.3 is 6.09 Å². The molecule has 2 aromatic rings. The third-order valence-corrected chi connectivity index (χ3v) is 6.76. The number of aliphatic hydroxyl groups is 1. The van der Waals surface area contributed by atoms with Gasteiger partial charge in [0.2, 0.25) is 5.91 Å². The minimum atomic E-state index is -0.883. The number of aliphatic hydroxyl groups excluding tert-OH is 1. The normalized spacial score (nSPS) is 24.9. The van der Waals surface area contributed by atoms with Gasteiger partial charge in [-0.1, -0.05) is 0 Å². The number of hydrogen-bond acceptors (Lipinski definition) is 6. The number of anilines is 1. The average Bonchev–Trinajstić information content (AvgIpc) is 3.45. The van der Waals surface area contributed by atoms with Gasteiger partial charge in [0.1, 0.15) is 5.75 Å². The molecule has 33 heavy (non-hydrogen) atoms. The van der Waals surface area contributed by atoms with Gasteiger partial charge in [0, 0.05) is 35.5 Å². The van der Waals surface area contributed by atoms with E-state index in [0.29, 0.717) is 42.9 Å². The summed E-state index contributed by atoms with van der Waals surface area (Å²) in [6.45, 7) is 0. The van der Waals surface area contributed by atoms with Crippen LogP contribution in [0, 0.1) is 0 Å². The molecule has 0 saturated heterocycles. The zero-order valence-electron chi connectivity index (χ0n) is 18.7. The number of carbonyl (C=O) groups is 2. The van der Waals surface area contributed by atoms with Gasteiger partial charge in [0.15, 0.2) is 5.82 Å². The van der Waals surface area contributed by atoms with Crippen LogP contribution >= 0.6 is 0 Å². The number of nitrogens with zero attached hydrogens (tertiary/aromatic N) is 3. The zero-order valence-corrected chi connectivity index (χ0v) is 18.7. The average molecular weight is 458 g/mol. The van der Waals surface area contributed by atoms with E-state index in [2.05, 4.69) is 20.5 Å². The van der Waals surface area contributed by atoms with Crippen molar-refractivity contribution in [3.8, 4) is 5.75 Å². The summed E-state index contributed by atoms with van der Waals surface area (Å²) in [5.74, 6) is 1.02. The van der Waals surface area contributed by atoms with Crippen LogP contribution in [-0.4, -0.2) is 67.6 Å². The van der Waals surface area contributed by atoms with Crippen LogP contribution in [0.1, 0.15) is 62.3 Å². The molecule has 0 aliphatic heterocycles. The zero-order chi connectivity index (χ0) is 23.4. The van der Waals surface area contributed by atoms with E-state index in [4.69, 9.17) is 4.74 Å². The van der Waals surface area contributed by atoms with Crippen LogP contribution in [0.25, 0.3) is 0 Å². The molecule has 2 fully saturated rings. The van der Waals surface area contributed by atoms with Gasteiger partial charge in [-0.05, 0) is 57.1 Å². The first-order valence-corrected chi connectivity index (χ1v) is 11.5. The number of aromatic nitrogens is 3. The molecule has 2 atom stereocenters. The largest absolute Gasteiger partial charge is 0.495 e. The number of pyridine rings is 1. The SMILES string of the molecule is COc1ccc(CC(=O)Nc2cc([C@@H]3CC[C@H](N(C(=O)O)C4CCC(O)CC4)C3)[nH]n2)nc1. The Balaban J connectivity index is 1.32. The number of H-pyrrole nitrogens is 1. The van der Waals surface area contributed by atoms with Crippen molar-refractivity contribution >= 4 is 17.8 Å². The summed E-state index contributed by atoms with van der Waals surface area (Å²) < 4.78 is 5.07. The third kappa shape index (κ3) is 5.62. The topological polar surface area (TPSA) is 141 Å². The van der Waals surface area contributed by atoms with Crippen LogP contribution in [-0.2, 0) is 11.2 Å². The molecule has 0 unspecified atom stereocenters. The first-order valence-electron chi connectivity index (χ1n) is 11.5. The van der Waals surface area contributed by atoms with Crippen LogP contribution < -0.4 is 10.1 Å². The molecular weight excluding hydrogens is 426 g/mol. The predicted octanol–water partition coefficient (Wildman–Crippen LogP) is 2.91. The molecule has 0 radical (unpaired) electrons. The summed E-state index contributed by atoms with van der Waals surface area (Å²) in [6, 6.07) is 5.25. The fourth-order valence-electron chi connectivity index (χ4n) is 5.04. The number of carboxylic acid groups (broad SMARTS) is 1. The summed E-state index contributed by atoms with van der Waals surface area (Å²) in [5, 5.41) is 29.6. The molecule has 2 aliphatic carbocycles. The lowest BCUT2D eigenvalue weighted by Crippen LogP contribution is -2.47. The lowest BCUT2D eigenvalue weighted by molar-refractivity contribution is -0.115. The van der Waals surface area contributed by atoms with Crippen molar-refractivity contribution in [1.82, 2.24) is 20.1 Å². The number of nitrogens with one attached hydrogen (secondary N) is 2. The van der Waals surface area contributed by atoms with Crippen molar-refractivity contribution in [2.45, 2.75) is 75.5 Å². The number of carbonyl (C=O) groups excluding carboxylic acids is 1. The number of hydrogen-bond donors (Lipinski definition) is 4. The lowest BCUT2D eigenvalue weighted by atomic mass is 9.91. The highest BCUT2D eigenvalue weighted by Gasteiger charge is 2.38. The lowest BCUT2D eigenvalue weighted by Gasteiger charge is -2.37. The standard InChI is InChI=1S/C23H31N5O5/c1-33-19-9-3-15(24-13-19)11-22(30)25-21-12-20(26-27-21)14-2-4-17(10-14)28(23(31)32)16-5-7-18(29)8-6-16/h3,9,12-14,16-18,29H,2,4-8,10-11H2,1H3,(H,31,32)(H2,25,26,27,30)/t14-,16?,17+,18?/m1/s1. The van der Waals surface area contributed by atoms with E-state index < -0.39 is 6.09 Å². The van der Waals surface area contributed by atoms with E-state index in [1.165, 1.54) is 0 Å². The van der Waals surface area contributed by atoms with Crippen molar-refractivity contribution < 1.29 is 24.5 Å². The molecule has 10 nitrogen and oxygen atoms in total. The molecule has 2 heterocycles. The van der Waals surface area contributed by atoms with Gasteiger partial charge in [-0.15, -0.1) is 0 Å². The van der Waals surface area contributed by atoms with Crippen LogP contribution in [0.4, 0.5) is 10.6 Å². The number of aromatic amines is 1. The van der Waals surface area contributed by atoms with Gasteiger partial charge < -0.3 is 25.2 Å². The fourth-order valence-corrected chi connectivity index (χ4v) is 5.04. The second-order valence-corrected chi connectivity index (χ2v) is 8.94. The van der Waals surface area contributed by atoms with Gasteiger partial charge in [0.05, 0.1) is 25.8 Å². The molecule has 4 N–H and O–H groups in total. The Labute approximate surface area is 192 Å². The Kier molecular flexibility index (Phi) is 7.12. The summed E-state index contributed by atoms with van der Waals surface area (Å²) in [6.07, 6.45) is 5.59. The molecule has 2 saturated carbocycles. The minimum absolute atomic E-state index is 0.0298. The van der Waals surface area contributed by atoms with Gasteiger partial charge in [-0.2, -0.15) is 5.10 Å². The van der Waals surface area contributed by atoms with E-state index in [-0.39, 0.29) is 36.4 Å². The Morgan fingerprint density at radius 3 is 2.61 bits per heavy atom. The van der Waals surface area contributed by atoms with E-state index in [9.17, 15) is 19.8 Å². The molecule has 0 bridgehead atoms. The molecule has 178 valence electrons. The summed E-state index contributed by atoms with van der Waals surface area (Å²) >= 11 is 0. The Morgan fingerprint density at radius 2 is 1.94 bits per heavy atom. The van der Waals surface area contributed by atoms with Gasteiger partial charge in [-0.3, -0.25) is 14.9 Å². The number of rotatable bonds is 7. The highest BCUT2D eigenvalue weighted by atomic mass is 16.5. The highest BCUT2D eigenvalue weighted by molar-refractivity contribution is 5.91. The Hall–Kier alpha value is -3.14. The highest BCUT2D eigenvalue weighted by Crippen LogP contribution is 2.39. The predicted molar refractivity (Wildman–Crippen MR) is 120 cm³/mol. The van der Waals surface area contributed by atoms with E-state index >= 15 is 0 Å². The first kappa shape index (κ1) is 23.0. The summed E-state index contributed by atoms with van der Waals surface area (Å²) in [4.78, 5) is 30.2. The maximum atomic E-state index is 12.4. The summed E-state index contributed by atoms with van der Waals surface area (Å²) in [5.41, 5.74) is 1.53. The van der Waals surface area contributed by atoms with Gasteiger partial charge in [0.25, 0.3) is 0 Å². The second-order valence-electron chi connectivity index (χ2n) is 8.94. The maximum absolute atomic E-state index is 12.4. The Morgan fingerprint density at radius 1 is 1.18 bits per heavy atom. The van der Waals surface area contributed by atoms with Crippen LogP contribution in [0.15, 0.2) is 24.4 Å². The van der Waals surface area contributed by atoms with E-state index in [1.807, 2.05) is 6.07 Å². The minimum Gasteiger partial charge on any atom is -0.495 e. The van der Waals surface area contributed by atoms with Crippen molar-refractivity contribution in [2.24, 2.45) is 0 Å². The fraction of sp³-hybridized carbons (Fsp3) is 0.565. The molecule has 0 spiro atoms. The van der Waals surface area contributed by atoms with Gasteiger partial charge in [-0.25, -0.2) is 4.79 Å². The molecule has 4 rings (SSSR count). The molecule has 2 aromatic heterocycles. The monoisotopic (exact) mass is 457 g/mol. The van der Waals surface area contributed by atoms with Crippen molar-refractivity contribution in [3.63, 3.8) is 0 Å². The number of methoxy groups -OCH3 is 1. The second kappa shape index (κ2) is 10.2. The van der Waals surface area contributed by atoms with E-state index in [0.717, 1.165) is 25.0 Å². The van der Waals surface area contributed by atoms with E-state index in [1.54, 1.807) is 30.3 Å². The number of ether oxygens (including phenoxy) is 1. The molecular formula is C23H31N5O5. The molecule has 2 aliphatic rings. The van der Waals surface area contributed by atoms with Crippen molar-refractivity contribution in [1.29, 1.82) is 0 Å². The van der Waals surface area contributed by atoms with Crippen molar-refractivity contribution in [3.05, 3.63) is 35.8 Å². The smallest absolute Gasteiger partial charge is 0.407 e. The quantitative estimate of drug-likeness (QED) is 0.501. The maximum Gasteiger partial charge on any atom is 0.407 e. The van der Waals surface area contributed by atoms with Crippen LogP contribution in [0.5, 0.6) is 5.75 Å². The first-order chi connectivity index (χ1) is 15.9. The third-order valence-electron chi connectivity index (χ3n) is 6.76. The molecule has 10 heteroatoms. The van der Waals surface area contributed by atoms with Crippen LogP contribution in [0.2, 0.25) is 0 Å². The number of amides is 2.